The van der Waals surface area contributed by atoms with Crippen LogP contribution in [0.3, 0.4) is 0 Å². The molecular formula is C4H10LiO3P+. The van der Waals surface area contributed by atoms with Gasteiger partial charge in [0, 0.05) is 23.4 Å². The molecule has 0 heterocycles. The van der Waals surface area contributed by atoms with Gasteiger partial charge < -0.3 is 0 Å². The summed E-state index contributed by atoms with van der Waals surface area (Å²) in [7, 11) is -1.83. The summed E-state index contributed by atoms with van der Waals surface area (Å²) in [5.74, 6) is 0. The van der Waals surface area contributed by atoms with E-state index >= 15 is 0 Å². The van der Waals surface area contributed by atoms with Crippen LogP contribution in [0.25, 0.3) is 0 Å². The van der Waals surface area contributed by atoms with Gasteiger partial charge in [0.15, 0.2) is 0 Å². The first-order valence-electron chi connectivity index (χ1n) is 2.54. The predicted molar refractivity (Wildman–Crippen MR) is 36.6 cm³/mol. The van der Waals surface area contributed by atoms with Crippen molar-refractivity contribution in [2.45, 2.75) is 13.8 Å². The van der Waals surface area contributed by atoms with Crippen LogP contribution in [0.4, 0.5) is 0 Å². The Hall–Kier alpha value is 0.617. The molecule has 0 rings (SSSR count). The van der Waals surface area contributed by atoms with Crippen LogP contribution in [0.5, 0.6) is 0 Å². The van der Waals surface area contributed by atoms with E-state index in [9.17, 15) is 4.57 Å². The quantitative estimate of drug-likeness (QED) is 0.441. The standard InChI is InChI=1S/C4H10O3P.Li/c1-3-6-8(5)7-4-2;/h3-4H2,1-2H3;/q+1;. The van der Waals surface area contributed by atoms with Crippen LogP contribution < -0.4 is 0 Å². The predicted octanol–water partition coefficient (Wildman–Crippen LogP) is 1.34. The number of hydrogen-bond acceptors (Lipinski definition) is 3. The zero-order valence-corrected chi connectivity index (χ0v) is 6.98. The van der Waals surface area contributed by atoms with E-state index in [1.165, 1.54) is 0 Å². The maximum atomic E-state index is 10.3. The van der Waals surface area contributed by atoms with Crippen molar-refractivity contribution >= 4 is 27.1 Å². The van der Waals surface area contributed by atoms with E-state index in [0.717, 1.165) is 0 Å². The van der Waals surface area contributed by atoms with Crippen LogP contribution in [-0.4, -0.2) is 32.1 Å². The first-order chi connectivity index (χ1) is 3.81. The minimum absolute atomic E-state index is 0. The fourth-order valence-electron chi connectivity index (χ4n) is 0.248. The van der Waals surface area contributed by atoms with E-state index in [1.54, 1.807) is 13.8 Å². The molecule has 0 aromatic heterocycles. The first kappa shape index (κ1) is 12.3. The van der Waals surface area contributed by atoms with Crippen molar-refractivity contribution in [2.24, 2.45) is 0 Å². The molecule has 0 aliphatic carbocycles. The van der Waals surface area contributed by atoms with Crippen LogP contribution in [-0.2, 0) is 13.6 Å². The number of rotatable bonds is 4. The van der Waals surface area contributed by atoms with Crippen LogP contribution in [0.1, 0.15) is 13.8 Å². The van der Waals surface area contributed by atoms with Crippen molar-refractivity contribution in [1.29, 1.82) is 0 Å². The maximum Gasteiger partial charge on any atom is 0.697 e. The van der Waals surface area contributed by atoms with Crippen LogP contribution >= 0.6 is 8.25 Å². The molecule has 0 saturated heterocycles. The Morgan fingerprint density at radius 3 is 1.78 bits per heavy atom. The Balaban J connectivity index is 0. The summed E-state index contributed by atoms with van der Waals surface area (Å²) in [5, 5.41) is 0. The Morgan fingerprint density at radius 2 is 1.56 bits per heavy atom. The maximum absolute atomic E-state index is 10.3. The molecule has 0 unspecified atom stereocenters. The van der Waals surface area contributed by atoms with Gasteiger partial charge in [-0.25, -0.2) is 0 Å². The average Bonchev–Trinajstić information content (AvgIpc) is 1.68. The van der Waals surface area contributed by atoms with Gasteiger partial charge in [0.1, 0.15) is 13.2 Å². The normalized spacial score (nSPS) is 8.22. The Bertz CT molecular complexity index is 70.2. The molecule has 49 valence electrons. The van der Waals surface area contributed by atoms with Gasteiger partial charge in [0.2, 0.25) is 0 Å². The van der Waals surface area contributed by atoms with Crippen LogP contribution in [0, 0.1) is 0 Å². The van der Waals surface area contributed by atoms with E-state index in [0.29, 0.717) is 13.2 Å². The summed E-state index contributed by atoms with van der Waals surface area (Å²) >= 11 is 0. The van der Waals surface area contributed by atoms with Crippen molar-refractivity contribution in [1.82, 2.24) is 0 Å². The molecule has 0 aliphatic heterocycles. The van der Waals surface area contributed by atoms with Gasteiger partial charge in [-0.3, -0.25) is 0 Å². The van der Waals surface area contributed by atoms with Crippen molar-refractivity contribution < 1.29 is 13.6 Å². The third-order valence-corrected chi connectivity index (χ3v) is 1.41. The summed E-state index contributed by atoms with van der Waals surface area (Å²) in [6.07, 6.45) is 0. The molecule has 0 aromatic rings. The second kappa shape index (κ2) is 8.62. The monoisotopic (exact) mass is 144 g/mol. The minimum Gasteiger partial charge on any atom is -0.119 e. The second-order valence-corrected chi connectivity index (χ2v) is 2.02. The van der Waals surface area contributed by atoms with E-state index < -0.39 is 8.25 Å². The van der Waals surface area contributed by atoms with Crippen molar-refractivity contribution in [3.8, 4) is 0 Å². The molecule has 0 spiro atoms. The molecule has 3 nitrogen and oxygen atoms in total. The van der Waals surface area contributed by atoms with Crippen molar-refractivity contribution in [2.75, 3.05) is 13.2 Å². The van der Waals surface area contributed by atoms with E-state index in [4.69, 9.17) is 0 Å². The molecule has 0 N–H and O–H groups in total. The van der Waals surface area contributed by atoms with Gasteiger partial charge in [0.05, 0.1) is 0 Å². The molecule has 0 aromatic carbocycles. The van der Waals surface area contributed by atoms with Gasteiger partial charge in [-0.2, -0.15) is 0 Å². The summed E-state index contributed by atoms with van der Waals surface area (Å²) in [4.78, 5) is 0. The Labute approximate surface area is 68.2 Å². The molecule has 1 radical (unpaired) electrons. The fraction of sp³-hybridized carbons (Fsp3) is 1.00. The summed E-state index contributed by atoms with van der Waals surface area (Å²) in [5.41, 5.74) is 0. The summed E-state index contributed by atoms with van der Waals surface area (Å²) in [6, 6.07) is 0. The molecule has 0 fully saturated rings. The average molecular weight is 144 g/mol. The molecule has 0 atom stereocenters. The molecule has 9 heavy (non-hydrogen) atoms. The van der Waals surface area contributed by atoms with Gasteiger partial charge in [-0.05, 0) is 13.8 Å². The molecule has 0 aliphatic rings. The molecular weight excluding hydrogens is 134 g/mol. The van der Waals surface area contributed by atoms with E-state index in [-0.39, 0.29) is 18.9 Å². The Kier molecular flexibility index (Phi) is 11.8. The van der Waals surface area contributed by atoms with Gasteiger partial charge in [0.25, 0.3) is 0 Å². The molecule has 0 bridgehead atoms. The van der Waals surface area contributed by atoms with Gasteiger partial charge in [-0.1, -0.05) is 0 Å². The third-order valence-electron chi connectivity index (χ3n) is 0.469. The zero-order valence-electron chi connectivity index (χ0n) is 6.09. The minimum atomic E-state index is -1.83. The summed E-state index contributed by atoms with van der Waals surface area (Å²) in [6.45, 7) is 4.42. The van der Waals surface area contributed by atoms with E-state index in [2.05, 4.69) is 9.05 Å². The van der Waals surface area contributed by atoms with Gasteiger partial charge in [-0.15, -0.1) is 9.05 Å². The summed E-state index contributed by atoms with van der Waals surface area (Å²) < 4.78 is 19.5. The first-order valence-corrected chi connectivity index (χ1v) is 3.63. The number of hydrogen-bond donors (Lipinski definition) is 0. The SMILES string of the molecule is CCO[P+](=O)OCC.[Li]. The molecule has 5 heteroatoms. The van der Waals surface area contributed by atoms with E-state index in [1.807, 2.05) is 0 Å². The smallest absolute Gasteiger partial charge is 0.119 e. The Morgan fingerprint density at radius 1 is 1.22 bits per heavy atom. The zero-order chi connectivity index (χ0) is 6.41. The molecule has 0 amide bonds. The van der Waals surface area contributed by atoms with Crippen LogP contribution in [0.15, 0.2) is 0 Å². The fourth-order valence-corrected chi connectivity index (χ4v) is 0.744. The third kappa shape index (κ3) is 8.62. The van der Waals surface area contributed by atoms with Crippen molar-refractivity contribution in [3.05, 3.63) is 0 Å². The van der Waals surface area contributed by atoms with Gasteiger partial charge >= 0.3 is 8.25 Å². The topological polar surface area (TPSA) is 35.5 Å². The largest absolute Gasteiger partial charge is 0.697 e. The second-order valence-electron chi connectivity index (χ2n) is 1.06. The van der Waals surface area contributed by atoms with Crippen molar-refractivity contribution in [3.63, 3.8) is 0 Å². The van der Waals surface area contributed by atoms with Crippen LogP contribution in [0.2, 0.25) is 0 Å². The molecule has 0 saturated carbocycles.